The van der Waals surface area contributed by atoms with E-state index in [1.807, 2.05) is 6.92 Å². The zero-order valence-electron chi connectivity index (χ0n) is 12.9. The van der Waals surface area contributed by atoms with Crippen LogP contribution in [-0.4, -0.2) is 49.6 Å². The highest BCUT2D eigenvalue weighted by molar-refractivity contribution is 5.75. The van der Waals surface area contributed by atoms with Crippen LogP contribution in [0.3, 0.4) is 0 Å². The molecule has 19 heavy (non-hydrogen) atoms. The van der Waals surface area contributed by atoms with Gasteiger partial charge < -0.3 is 10.6 Å². The van der Waals surface area contributed by atoms with Gasteiger partial charge in [0, 0.05) is 32.1 Å². The van der Waals surface area contributed by atoms with E-state index in [0.717, 1.165) is 32.7 Å². The van der Waals surface area contributed by atoms with Crippen molar-refractivity contribution in [3.63, 3.8) is 0 Å². The van der Waals surface area contributed by atoms with Crippen LogP contribution < -0.4 is 10.6 Å². The highest BCUT2D eigenvalue weighted by atomic mass is 16.1. The Morgan fingerprint density at radius 2 is 2.16 bits per heavy atom. The molecule has 0 radical (unpaired) electrons. The molecule has 1 aliphatic heterocycles. The van der Waals surface area contributed by atoms with Crippen molar-refractivity contribution in [2.75, 3.05) is 32.7 Å². The molecule has 1 heterocycles. The van der Waals surface area contributed by atoms with Gasteiger partial charge in [-0.15, -0.1) is 0 Å². The number of nitrogens with zero attached hydrogens (tertiary/aromatic N) is 1. The van der Waals surface area contributed by atoms with Crippen LogP contribution in [0, 0.1) is 5.92 Å². The maximum absolute atomic E-state index is 11.5. The smallest absolute Gasteiger partial charge is 0.221 e. The quantitative estimate of drug-likeness (QED) is 0.704. The van der Waals surface area contributed by atoms with Crippen molar-refractivity contribution < 1.29 is 4.79 Å². The van der Waals surface area contributed by atoms with Gasteiger partial charge in [0.25, 0.3) is 0 Å². The minimum Gasteiger partial charge on any atom is -0.356 e. The van der Waals surface area contributed by atoms with Gasteiger partial charge in [-0.2, -0.15) is 0 Å². The molecule has 0 aromatic carbocycles. The van der Waals surface area contributed by atoms with E-state index in [0.29, 0.717) is 18.4 Å². The van der Waals surface area contributed by atoms with Gasteiger partial charge >= 0.3 is 0 Å². The molecule has 1 fully saturated rings. The molecular formula is C15H31N3O. The van der Waals surface area contributed by atoms with E-state index >= 15 is 0 Å². The van der Waals surface area contributed by atoms with Crippen LogP contribution in [0.15, 0.2) is 0 Å². The number of carbonyl (C=O) groups excluding carboxylic acids is 1. The van der Waals surface area contributed by atoms with Crippen molar-refractivity contribution in [1.29, 1.82) is 0 Å². The summed E-state index contributed by atoms with van der Waals surface area (Å²) in [5.41, 5.74) is 0. The fourth-order valence-electron chi connectivity index (χ4n) is 2.65. The molecule has 112 valence electrons. The molecule has 0 spiro atoms. The van der Waals surface area contributed by atoms with Gasteiger partial charge in [0.05, 0.1) is 0 Å². The number of hydrogen-bond donors (Lipinski definition) is 2. The summed E-state index contributed by atoms with van der Waals surface area (Å²) in [6.45, 7) is 11.4. The number of piperidine rings is 1. The zero-order valence-corrected chi connectivity index (χ0v) is 12.9. The Balaban J connectivity index is 2.28. The second-order valence-electron chi connectivity index (χ2n) is 5.94. The van der Waals surface area contributed by atoms with Gasteiger partial charge in [-0.05, 0) is 38.8 Å². The molecule has 2 N–H and O–H groups in total. The Hall–Kier alpha value is -0.610. The number of nitrogens with one attached hydrogen (secondary N) is 2. The second kappa shape index (κ2) is 9.32. The topological polar surface area (TPSA) is 44.4 Å². The summed E-state index contributed by atoms with van der Waals surface area (Å²) >= 11 is 0. The van der Waals surface area contributed by atoms with E-state index < -0.39 is 0 Å². The summed E-state index contributed by atoms with van der Waals surface area (Å²) in [4.78, 5) is 14.0. The average Bonchev–Trinajstić information content (AvgIpc) is 2.37. The molecule has 1 aliphatic rings. The number of carbonyl (C=O) groups is 1. The number of amides is 1. The fourth-order valence-corrected chi connectivity index (χ4v) is 2.65. The second-order valence-corrected chi connectivity index (χ2v) is 5.94. The Kier molecular flexibility index (Phi) is 8.07. The lowest BCUT2D eigenvalue weighted by molar-refractivity contribution is -0.121. The lowest BCUT2D eigenvalue weighted by Crippen LogP contribution is -2.47. The van der Waals surface area contributed by atoms with Gasteiger partial charge in [0.1, 0.15) is 0 Å². The molecule has 0 aromatic rings. The summed E-state index contributed by atoms with van der Waals surface area (Å²) in [5.74, 6) is 0.884. The third kappa shape index (κ3) is 6.92. The van der Waals surface area contributed by atoms with Crippen LogP contribution in [0.4, 0.5) is 0 Å². The van der Waals surface area contributed by atoms with Crippen molar-refractivity contribution in [2.45, 2.75) is 52.5 Å². The summed E-state index contributed by atoms with van der Waals surface area (Å²) in [6, 6.07) is 0.613. The lowest BCUT2D eigenvalue weighted by atomic mass is 10.0. The molecular weight excluding hydrogens is 238 g/mol. The molecule has 0 bridgehead atoms. The highest BCUT2D eigenvalue weighted by Crippen LogP contribution is 2.16. The van der Waals surface area contributed by atoms with E-state index in [4.69, 9.17) is 0 Å². The Labute approximate surface area is 118 Å². The van der Waals surface area contributed by atoms with Crippen LogP contribution in [0.2, 0.25) is 0 Å². The van der Waals surface area contributed by atoms with Gasteiger partial charge in [0.2, 0.25) is 5.91 Å². The summed E-state index contributed by atoms with van der Waals surface area (Å²) in [5, 5.41) is 6.43. The minimum absolute atomic E-state index is 0.182. The predicted octanol–water partition coefficient (Wildman–Crippen LogP) is 1.61. The minimum atomic E-state index is 0.182. The standard InChI is InChI=1S/C15H31N3O/c1-4-17-15(19)8-10-18-9-6-5-7-14(18)12-16-11-13(2)3/h13-14,16H,4-12H2,1-3H3,(H,17,19). The third-order valence-electron chi connectivity index (χ3n) is 3.68. The Morgan fingerprint density at radius 3 is 2.84 bits per heavy atom. The largest absolute Gasteiger partial charge is 0.356 e. The molecule has 1 unspecified atom stereocenters. The van der Waals surface area contributed by atoms with E-state index in [9.17, 15) is 4.79 Å². The first kappa shape index (κ1) is 16.4. The summed E-state index contributed by atoms with van der Waals surface area (Å²) in [6.07, 6.45) is 4.50. The monoisotopic (exact) mass is 269 g/mol. The summed E-state index contributed by atoms with van der Waals surface area (Å²) in [7, 11) is 0. The first-order chi connectivity index (χ1) is 9.13. The van der Waals surface area contributed by atoms with Crippen molar-refractivity contribution >= 4 is 5.91 Å². The molecule has 1 amide bonds. The predicted molar refractivity (Wildman–Crippen MR) is 80.2 cm³/mol. The van der Waals surface area contributed by atoms with Crippen molar-refractivity contribution in [1.82, 2.24) is 15.5 Å². The average molecular weight is 269 g/mol. The molecule has 1 atom stereocenters. The molecule has 4 nitrogen and oxygen atoms in total. The fraction of sp³-hybridized carbons (Fsp3) is 0.933. The van der Waals surface area contributed by atoms with Crippen LogP contribution >= 0.6 is 0 Å². The van der Waals surface area contributed by atoms with Crippen molar-refractivity contribution in [3.05, 3.63) is 0 Å². The van der Waals surface area contributed by atoms with Crippen LogP contribution in [0.25, 0.3) is 0 Å². The molecule has 1 saturated heterocycles. The Bertz CT molecular complexity index is 256. The normalized spacial score (nSPS) is 20.7. The third-order valence-corrected chi connectivity index (χ3v) is 3.68. The Morgan fingerprint density at radius 1 is 1.37 bits per heavy atom. The van der Waals surface area contributed by atoms with E-state index in [1.54, 1.807) is 0 Å². The van der Waals surface area contributed by atoms with Crippen molar-refractivity contribution in [2.24, 2.45) is 5.92 Å². The van der Waals surface area contributed by atoms with Gasteiger partial charge in [-0.3, -0.25) is 9.69 Å². The van der Waals surface area contributed by atoms with Gasteiger partial charge in [0.15, 0.2) is 0 Å². The maximum atomic E-state index is 11.5. The molecule has 1 rings (SSSR count). The van der Waals surface area contributed by atoms with E-state index in [2.05, 4.69) is 29.4 Å². The van der Waals surface area contributed by atoms with Crippen LogP contribution in [0.1, 0.15) is 46.5 Å². The van der Waals surface area contributed by atoms with Crippen molar-refractivity contribution in [3.8, 4) is 0 Å². The first-order valence-corrected chi connectivity index (χ1v) is 7.85. The maximum Gasteiger partial charge on any atom is 0.221 e. The number of likely N-dealkylation sites (tertiary alicyclic amines) is 1. The van der Waals surface area contributed by atoms with Crippen LogP contribution in [0.5, 0.6) is 0 Å². The lowest BCUT2D eigenvalue weighted by Gasteiger charge is -2.36. The number of hydrogen-bond acceptors (Lipinski definition) is 3. The number of rotatable bonds is 8. The molecule has 0 aliphatic carbocycles. The molecule has 0 saturated carbocycles. The zero-order chi connectivity index (χ0) is 14.1. The molecule has 4 heteroatoms. The van der Waals surface area contributed by atoms with Crippen LogP contribution in [-0.2, 0) is 4.79 Å². The first-order valence-electron chi connectivity index (χ1n) is 7.85. The van der Waals surface area contributed by atoms with Gasteiger partial charge in [-0.25, -0.2) is 0 Å². The van der Waals surface area contributed by atoms with E-state index in [-0.39, 0.29) is 5.91 Å². The van der Waals surface area contributed by atoms with Gasteiger partial charge in [-0.1, -0.05) is 20.3 Å². The summed E-state index contributed by atoms with van der Waals surface area (Å²) < 4.78 is 0. The highest BCUT2D eigenvalue weighted by Gasteiger charge is 2.22. The van der Waals surface area contributed by atoms with E-state index in [1.165, 1.54) is 19.3 Å². The molecule has 0 aromatic heterocycles. The SMILES string of the molecule is CCNC(=O)CCN1CCCCC1CNCC(C)C.